The fourth-order valence-electron chi connectivity index (χ4n) is 2.03. The molecule has 0 bridgehead atoms. The quantitative estimate of drug-likeness (QED) is 0.821. The summed E-state index contributed by atoms with van der Waals surface area (Å²) in [6, 6.07) is 1.72. The molecule has 0 radical (unpaired) electrons. The third-order valence-corrected chi connectivity index (χ3v) is 3.11. The van der Waals surface area contributed by atoms with Gasteiger partial charge in [0.15, 0.2) is 5.69 Å². The molecule has 1 aromatic heterocycles. The third kappa shape index (κ3) is 4.33. The topological polar surface area (TPSA) is 67.6 Å². The van der Waals surface area contributed by atoms with E-state index in [4.69, 9.17) is 9.26 Å². The highest BCUT2D eigenvalue weighted by molar-refractivity contribution is 5.92. The molecular weight excluding hydrogens is 246 g/mol. The lowest BCUT2D eigenvalue weighted by Gasteiger charge is -2.26. The SMILES string of the molecule is CCCc1cc(C(=O)NCCN2CCOCC2)no1. The second-order valence-electron chi connectivity index (χ2n) is 4.64. The minimum absolute atomic E-state index is 0.167. The largest absolute Gasteiger partial charge is 0.379 e. The van der Waals surface area contributed by atoms with Crippen LogP contribution in [0, 0.1) is 0 Å². The van der Waals surface area contributed by atoms with E-state index in [1.165, 1.54) is 0 Å². The maximum Gasteiger partial charge on any atom is 0.273 e. The number of rotatable bonds is 6. The highest BCUT2D eigenvalue weighted by atomic mass is 16.5. The van der Waals surface area contributed by atoms with Crippen LogP contribution in [0.25, 0.3) is 0 Å². The summed E-state index contributed by atoms with van der Waals surface area (Å²) in [5, 5.41) is 6.64. The number of nitrogens with zero attached hydrogens (tertiary/aromatic N) is 2. The van der Waals surface area contributed by atoms with E-state index in [2.05, 4.69) is 22.3 Å². The lowest BCUT2D eigenvalue weighted by molar-refractivity contribution is 0.0383. The monoisotopic (exact) mass is 267 g/mol. The Kier molecular flexibility index (Phi) is 5.35. The molecule has 0 unspecified atom stereocenters. The molecule has 19 heavy (non-hydrogen) atoms. The van der Waals surface area contributed by atoms with Gasteiger partial charge in [-0.1, -0.05) is 12.1 Å². The molecule has 0 saturated carbocycles. The van der Waals surface area contributed by atoms with E-state index in [0.29, 0.717) is 12.2 Å². The van der Waals surface area contributed by atoms with Crippen molar-refractivity contribution in [2.75, 3.05) is 39.4 Å². The second kappa shape index (κ2) is 7.25. The molecule has 6 heteroatoms. The Bertz CT molecular complexity index is 400. The number of amides is 1. The Morgan fingerprint density at radius 2 is 2.26 bits per heavy atom. The van der Waals surface area contributed by atoms with Gasteiger partial charge in [0.2, 0.25) is 0 Å². The molecule has 1 fully saturated rings. The Labute approximate surface area is 113 Å². The zero-order chi connectivity index (χ0) is 13.5. The lowest BCUT2D eigenvalue weighted by atomic mass is 10.2. The number of nitrogens with one attached hydrogen (secondary N) is 1. The van der Waals surface area contributed by atoms with Crippen molar-refractivity contribution >= 4 is 5.91 Å². The minimum Gasteiger partial charge on any atom is -0.379 e. The molecule has 2 heterocycles. The molecule has 0 atom stereocenters. The zero-order valence-electron chi connectivity index (χ0n) is 11.4. The second-order valence-corrected chi connectivity index (χ2v) is 4.64. The van der Waals surface area contributed by atoms with E-state index in [1.807, 2.05) is 0 Å². The highest BCUT2D eigenvalue weighted by Gasteiger charge is 2.13. The van der Waals surface area contributed by atoms with Gasteiger partial charge in [-0.2, -0.15) is 0 Å². The first-order valence-electron chi connectivity index (χ1n) is 6.83. The van der Waals surface area contributed by atoms with Crippen molar-refractivity contribution in [2.24, 2.45) is 0 Å². The molecule has 0 spiro atoms. The van der Waals surface area contributed by atoms with Gasteiger partial charge in [0.05, 0.1) is 13.2 Å². The Hall–Kier alpha value is -1.40. The number of hydrogen-bond donors (Lipinski definition) is 1. The number of hydrogen-bond acceptors (Lipinski definition) is 5. The van der Waals surface area contributed by atoms with E-state index in [9.17, 15) is 4.79 Å². The van der Waals surface area contributed by atoms with Crippen LogP contribution in [-0.2, 0) is 11.2 Å². The number of aromatic nitrogens is 1. The summed E-state index contributed by atoms with van der Waals surface area (Å²) in [5.74, 6) is 0.597. The maximum absolute atomic E-state index is 11.8. The summed E-state index contributed by atoms with van der Waals surface area (Å²) in [5.41, 5.74) is 0.366. The summed E-state index contributed by atoms with van der Waals surface area (Å²) in [4.78, 5) is 14.1. The first kappa shape index (κ1) is 14.0. The summed E-state index contributed by atoms with van der Waals surface area (Å²) in [6.45, 7) is 6.93. The molecule has 1 amide bonds. The fourth-order valence-corrected chi connectivity index (χ4v) is 2.03. The van der Waals surface area contributed by atoms with E-state index in [0.717, 1.165) is 51.4 Å². The maximum atomic E-state index is 11.8. The van der Waals surface area contributed by atoms with Gasteiger partial charge in [-0.15, -0.1) is 0 Å². The Morgan fingerprint density at radius 1 is 1.47 bits per heavy atom. The summed E-state index contributed by atoms with van der Waals surface area (Å²) >= 11 is 0. The number of carbonyl (C=O) groups is 1. The fraction of sp³-hybridized carbons (Fsp3) is 0.692. The molecule has 1 aliphatic heterocycles. The predicted molar refractivity (Wildman–Crippen MR) is 70.1 cm³/mol. The molecule has 2 rings (SSSR count). The van der Waals surface area contributed by atoms with Crippen molar-refractivity contribution < 1.29 is 14.1 Å². The average molecular weight is 267 g/mol. The predicted octanol–water partition coefficient (Wildman–Crippen LogP) is 0.689. The van der Waals surface area contributed by atoms with Gasteiger partial charge < -0.3 is 14.6 Å². The van der Waals surface area contributed by atoms with Crippen molar-refractivity contribution in [1.82, 2.24) is 15.4 Å². The molecule has 1 saturated heterocycles. The molecule has 106 valence electrons. The highest BCUT2D eigenvalue weighted by Crippen LogP contribution is 2.06. The zero-order valence-corrected chi connectivity index (χ0v) is 11.4. The van der Waals surface area contributed by atoms with Gasteiger partial charge in [0.1, 0.15) is 5.76 Å². The van der Waals surface area contributed by atoms with E-state index >= 15 is 0 Å². The molecular formula is C13H21N3O3. The van der Waals surface area contributed by atoms with Crippen LogP contribution in [0.2, 0.25) is 0 Å². The summed E-state index contributed by atoms with van der Waals surface area (Å²) < 4.78 is 10.4. The van der Waals surface area contributed by atoms with Crippen molar-refractivity contribution in [1.29, 1.82) is 0 Å². The van der Waals surface area contributed by atoms with E-state index in [1.54, 1.807) is 6.07 Å². The molecule has 1 N–H and O–H groups in total. The van der Waals surface area contributed by atoms with Crippen LogP contribution in [0.15, 0.2) is 10.6 Å². The van der Waals surface area contributed by atoms with Crippen LogP contribution in [0.5, 0.6) is 0 Å². The van der Waals surface area contributed by atoms with Crippen LogP contribution in [0.4, 0.5) is 0 Å². The molecule has 1 aliphatic rings. The van der Waals surface area contributed by atoms with E-state index < -0.39 is 0 Å². The Balaban J connectivity index is 1.70. The van der Waals surface area contributed by atoms with Gasteiger partial charge in [-0.3, -0.25) is 9.69 Å². The van der Waals surface area contributed by atoms with Crippen molar-refractivity contribution in [3.63, 3.8) is 0 Å². The minimum atomic E-state index is -0.167. The number of ether oxygens (including phenoxy) is 1. The summed E-state index contributed by atoms with van der Waals surface area (Å²) in [6.07, 6.45) is 1.79. The first-order chi connectivity index (χ1) is 9.29. The van der Waals surface area contributed by atoms with Gasteiger partial charge >= 0.3 is 0 Å². The van der Waals surface area contributed by atoms with Gasteiger partial charge in [0.25, 0.3) is 5.91 Å². The van der Waals surface area contributed by atoms with Gasteiger partial charge in [-0.25, -0.2) is 0 Å². The van der Waals surface area contributed by atoms with Gasteiger partial charge in [0, 0.05) is 38.7 Å². The number of carbonyl (C=O) groups excluding carboxylic acids is 1. The van der Waals surface area contributed by atoms with Crippen LogP contribution in [-0.4, -0.2) is 55.4 Å². The average Bonchev–Trinajstić information content (AvgIpc) is 2.89. The van der Waals surface area contributed by atoms with Crippen LogP contribution in [0.1, 0.15) is 29.6 Å². The smallest absolute Gasteiger partial charge is 0.273 e. The van der Waals surface area contributed by atoms with Crippen molar-refractivity contribution in [2.45, 2.75) is 19.8 Å². The van der Waals surface area contributed by atoms with Crippen molar-refractivity contribution in [3.05, 3.63) is 17.5 Å². The van der Waals surface area contributed by atoms with Crippen LogP contribution in [0.3, 0.4) is 0 Å². The normalized spacial score (nSPS) is 16.5. The lowest BCUT2D eigenvalue weighted by Crippen LogP contribution is -2.41. The van der Waals surface area contributed by atoms with Gasteiger partial charge in [-0.05, 0) is 6.42 Å². The molecule has 1 aromatic rings. The number of aryl methyl sites for hydroxylation is 1. The van der Waals surface area contributed by atoms with Crippen LogP contribution >= 0.6 is 0 Å². The molecule has 6 nitrogen and oxygen atoms in total. The van der Waals surface area contributed by atoms with Crippen molar-refractivity contribution in [3.8, 4) is 0 Å². The van der Waals surface area contributed by atoms with Crippen LogP contribution < -0.4 is 5.32 Å². The standard InChI is InChI=1S/C13H21N3O3/c1-2-3-11-10-12(15-19-11)13(17)14-4-5-16-6-8-18-9-7-16/h10H,2-9H2,1H3,(H,14,17). The van der Waals surface area contributed by atoms with E-state index in [-0.39, 0.29) is 5.91 Å². The summed E-state index contributed by atoms with van der Waals surface area (Å²) in [7, 11) is 0. The number of morpholine rings is 1. The Morgan fingerprint density at radius 3 is 3.00 bits per heavy atom. The molecule has 0 aromatic carbocycles. The first-order valence-corrected chi connectivity index (χ1v) is 6.83. The third-order valence-electron chi connectivity index (χ3n) is 3.11. The molecule has 0 aliphatic carbocycles.